The number of thioether (sulfide) groups is 1. The van der Waals surface area contributed by atoms with Crippen LogP contribution in [0.1, 0.15) is 22.3 Å². The summed E-state index contributed by atoms with van der Waals surface area (Å²) in [5.74, 6) is 2.44. The van der Waals surface area contributed by atoms with E-state index in [1.165, 1.54) is 0 Å². The maximum absolute atomic E-state index is 12.5. The molecule has 1 aromatic heterocycles. The second-order valence-electron chi connectivity index (χ2n) is 5.35. The van der Waals surface area contributed by atoms with Gasteiger partial charge >= 0.3 is 0 Å². The molecule has 1 amide bonds. The normalized spacial score (nSPS) is 17.0. The van der Waals surface area contributed by atoms with Crippen molar-refractivity contribution >= 4 is 39.3 Å². The average molecular weight is 393 g/mol. The summed E-state index contributed by atoms with van der Waals surface area (Å²) in [5.41, 5.74) is 2.32. The second-order valence-corrected chi connectivity index (χ2v) is 7.36. The van der Waals surface area contributed by atoms with E-state index in [9.17, 15) is 4.79 Å². The Kier molecular flexibility index (Phi) is 5.23. The van der Waals surface area contributed by atoms with Crippen LogP contribution in [0.25, 0.3) is 0 Å². The number of amides is 1. The van der Waals surface area contributed by atoms with Crippen LogP contribution in [0.5, 0.6) is 5.88 Å². The predicted octanol–water partition coefficient (Wildman–Crippen LogP) is 4.29. The lowest BCUT2D eigenvalue weighted by atomic mass is 10.2. The molecule has 120 valence electrons. The quantitative estimate of drug-likeness (QED) is 0.842. The first kappa shape index (κ1) is 16.3. The topological polar surface area (TPSA) is 51.2 Å². The van der Waals surface area contributed by atoms with Crippen LogP contribution in [0.3, 0.4) is 0 Å². The highest BCUT2D eigenvalue weighted by Crippen LogP contribution is 2.25. The van der Waals surface area contributed by atoms with Gasteiger partial charge in [-0.2, -0.15) is 11.8 Å². The van der Waals surface area contributed by atoms with E-state index < -0.39 is 0 Å². The molecule has 1 N–H and O–H groups in total. The fraction of sp³-hybridized carbons (Fsp3) is 0.294. The SMILES string of the molecule is Cc1c(Br)cccc1NC(=O)c1ccnc(OC2CCSC2)c1. The van der Waals surface area contributed by atoms with E-state index in [2.05, 4.69) is 26.2 Å². The van der Waals surface area contributed by atoms with Crippen LogP contribution in [0, 0.1) is 6.92 Å². The summed E-state index contributed by atoms with van der Waals surface area (Å²) in [5, 5.41) is 2.93. The first-order valence-electron chi connectivity index (χ1n) is 7.40. The van der Waals surface area contributed by atoms with Crippen molar-refractivity contribution in [2.45, 2.75) is 19.4 Å². The van der Waals surface area contributed by atoms with E-state index in [0.717, 1.165) is 33.7 Å². The molecule has 1 aliphatic rings. The minimum Gasteiger partial charge on any atom is -0.473 e. The molecule has 1 atom stereocenters. The van der Waals surface area contributed by atoms with Crippen molar-refractivity contribution in [3.8, 4) is 5.88 Å². The number of hydrogen-bond acceptors (Lipinski definition) is 4. The lowest BCUT2D eigenvalue weighted by Crippen LogP contribution is -2.17. The number of nitrogens with zero attached hydrogens (tertiary/aromatic N) is 1. The Bertz CT molecular complexity index is 717. The summed E-state index contributed by atoms with van der Waals surface area (Å²) in [6.07, 6.45) is 2.83. The summed E-state index contributed by atoms with van der Waals surface area (Å²) >= 11 is 5.35. The third-order valence-electron chi connectivity index (χ3n) is 3.69. The van der Waals surface area contributed by atoms with Crippen LogP contribution >= 0.6 is 27.7 Å². The second kappa shape index (κ2) is 7.36. The number of hydrogen-bond donors (Lipinski definition) is 1. The maximum Gasteiger partial charge on any atom is 0.255 e. The molecule has 0 aliphatic carbocycles. The zero-order valence-electron chi connectivity index (χ0n) is 12.7. The van der Waals surface area contributed by atoms with E-state index >= 15 is 0 Å². The van der Waals surface area contributed by atoms with Gasteiger partial charge in [0.05, 0.1) is 0 Å². The number of aromatic nitrogens is 1. The van der Waals surface area contributed by atoms with Crippen LogP contribution in [0.4, 0.5) is 5.69 Å². The van der Waals surface area contributed by atoms with Gasteiger partial charge < -0.3 is 10.1 Å². The average Bonchev–Trinajstić information content (AvgIpc) is 3.05. The molecule has 0 radical (unpaired) electrons. The third kappa shape index (κ3) is 4.06. The number of benzene rings is 1. The Balaban J connectivity index is 1.73. The highest BCUT2D eigenvalue weighted by Gasteiger charge is 2.18. The lowest BCUT2D eigenvalue weighted by molar-refractivity contribution is 0.102. The van der Waals surface area contributed by atoms with Gasteiger partial charge in [-0.3, -0.25) is 4.79 Å². The molecule has 6 heteroatoms. The molecule has 1 fully saturated rings. The van der Waals surface area contributed by atoms with Crippen LogP contribution in [0.2, 0.25) is 0 Å². The van der Waals surface area contributed by atoms with Gasteiger partial charge in [-0.25, -0.2) is 4.98 Å². The summed E-state index contributed by atoms with van der Waals surface area (Å²) in [4.78, 5) is 16.7. The van der Waals surface area contributed by atoms with Crippen molar-refractivity contribution in [2.24, 2.45) is 0 Å². The van der Waals surface area contributed by atoms with Gasteiger partial charge in [-0.15, -0.1) is 0 Å². The molecule has 1 unspecified atom stereocenters. The molecule has 0 bridgehead atoms. The lowest BCUT2D eigenvalue weighted by Gasteiger charge is -2.13. The summed E-state index contributed by atoms with van der Waals surface area (Å²) in [7, 11) is 0. The number of pyridine rings is 1. The van der Waals surface area contributed by atoms with Gasteiger partial charge in [-0.1, -0.05) is 22.0 Å². The number of ether oxygens (including phenoxy) is 1. The molecule has 1 saturated heterocycles. The molecule has 2 heterocycles. The van der Waals surface area contributed by atoms with Crippen molar-refractivity contribution in [3.05, 3.63) is 52.1 Å². The van der Waals surface area contributed by atoms with Crippen molar-refractivity contribution < 1.29 is 9.53 Å². The number of carbonyl (C=O) groups excluding carboxylic acids is 1. The first-order chi connectivity index (χ1) is 11.1. The van der Waals surface area contributed by atoms with E-state index in [-0.39, 0.29) is 12.0 Å². The summed E-state index contributed by atoms with van der Waals surface area (Å²) < 4.78 is 6.81. The highest BCUT2D eigenvalue weighted by molar-refractivity contribution is 9.10. The van der Waals surface area contributed by atoms with Crippen LogP contribution in [-0.2, 0) is 0 Å². The largest absolute Gasteiger partial charge is 0.473 e. The fourth-order valence-electron chi connectivity index (χ4n) is 2.33. The number of halogens is 1. The van der Waals surface area contributed by atoms with Gasteiger partial charge in [0, 0.05) is 33.7 Å². The minimum atomic E-state index is -0.167. The van der Waals surface area contributed by atoms with E-state index in [4.69, 9.17) is 4.74 Å². The van der Waals surface area contributed by atoms with E-state index in [1.807, 2.05) is 36.9 Å². The third-order valence-corrected chi connectivity index (χ3v) is 5.68. The number of rotatable bonds is 4. The van der Waals surface area contributed by atoms with Crippen molar-refractivity contribution in [1.29, 1.82) is 0 Å². The zero-order chi connectivity index (χ0) is 16.2. The molecule has 2 aromatic rings. The number of anilines is 1. The Morgan fingerprint density at radius 3 is 3.09 bits per heavy atom. The van der Waals surface area contributed by atoms with Crippen LogP contribution < -0.4 is 10.1 Å². The smallest absolute Gasteiger partial charge is 0.255 e. The van der Waals surface area contributed by atoms with Gasteiger partial charge in [0.2, 0.25) is 5.88 Å². The van der Waals surface area contributed by atoms with Crippen LogP contribution in [-0.4, -0.2) is 28.5 Å². The monoisotopic (exact) mass is 392 g/mol. The molecule has 0 saturated carbocycles. The maximum atomic E-state index is 12.5. The Labute approximate surface area is 148 Å². The molecule has 4 nitrogen and oxygen atoms in total. The van der Waals surface area contributed by atoms with Gasteiger partial charge in [0.15, 0.2) is 0 Å². The number of carbonyl (C=O) groups is 1. The van der Waals surface area contributed by atoms with Gasteiger partial charge in [-0.05, 0) is 42.9 Å². The molecular weight excluding hydrogens is 376 g/mol. The molecule has 23 heavy (non-hydrogen) atoms. The van der Waals surface area contributed by atoms with Gasteiger partial charge in [0.25, 0.3) is 5.91 Å². The molecule has 1 aliphatic heterocycles. The fourth-order valence-corrected chi connectivity index (χ4v) is 3.79. The Morgan fingerprint density at radius 2 is 2.30 bits per heavy atom. The first-order valence-corrected chi connectivity index (χ1v) is 9.35. The van der Waals surface area contributed by atoms with Crippen molar-refractivity contribution in [2.75, 3.05) is 16.8 Å². The highest BCUT2D eigenvalue weighted by atomic mass is 79.9. The standard InChI is InChI=1S/C17H17BrN2O2S/c1-11-14(18)3-2-4-15(11)20-17(21)12-5-7-19-16(9-12)22-13-6-8-23-10-13/h2-5,7,9,13H,6,8,10H2,1H3,(H,20,21). The molecule has 3 rings (SSSR count). The van der Waals surface area contributed by atoms with Crippen LogP contribution in [0.15, 0.2) is 41.0 Å². The van der Waals surface area contributed by atoms with E-state index in [1.54, 1.807) is 18.3 Å². The predicted molar refractivity (Wildman–Crippen MR) is 97.4 cm³/mol. The zero-order valence-corrected chi connectivity index (χ0v) is 15.1. The number of nitrogens with one attached hydrogen (secondary N) is 1. The minimum absolute atomic E-state index is 0.167. The van der Waals surface area contributed by atoms with E-state index in [0.29, 0.717) is 11.4 Å². The molecular formula is C17H17BrN2O2S. The summed E-state index contributed by atoms with van der Waals surface area (Å²) in [6.45, 7) is 1.96. The van der Waals surface area contributed by atoms with Crippen molar-refractivity contribution in [1.82, 2.24) is 4.98 Å². The van der Waals surface area contributed by atoms with Crippen molar-refractivity contribution in [3.63, 3.8) is 0 Å². The summed E-state index contributed by atoms with van der Waals surface area (Å²) in [6, 6.07) is 9.12. The molecule has 1 aromatic carbocycles. The molecule has 0 spiro atoms. The van der Waals surface area contributed by atoms with Gasteiger partial charge in [0.1, 0.15) is 6.10 Å². The Morgan fingerprint density at radius 1 is 1.43 bits per heavy atom. The Hall–Kier alpha value is -1.53.